The second-order valence-corrected chi connectivity index (χ2v) is 4.13. The van der Waals surface area contributed by atoms with Crippen LogP contribution >= 0.6 is 11.6 Å². The molecule has 17 heavy (non-hydrogen) atoms. The molecule has 0 saturated carbocycles. The number of carboxylic acids is 1. The van der Waals surface area contributed by atoms with Gasteiger partial charge in [0.1, 0.15) is 11.1 Å². The highest BCUT2D eigenvalue weighted by molar-refractivity contribution is 6.32. The summed E-state index contributed by atoms with van der Waals surface area (Å²) in [7, 11) is 1.45. The zero-order valence-electron chi connectivity index (χ0n) is 9.26. The first-order chi connectivity index (χ1) is 8.13. The molecule has 1 aromatic heterocycles. The number of halogens is 1. The van der Waals surface area contributed by atoms with E-state index in [1.807, 2.05) is 0 Å². The van der Waals surface area contributed by atoms with Gasteiger partial charge in [-0.15, -0.1) is 0 Å². The van der Waals surface area contributed by atoms with Crippen molar-refractivity contribution < 1.29 is 14.6 Å². The summed E-state index contributed by atoms with van der Waals surface area (Å²) < 4.78 is 4.91. The third kappa shape index (κ3) is 2.26. The summed E-state index contributed by atoms with van der Waals surface area (Å²) in [6.07, 6.45) is 2.82. The topological polar surface area (TPSA) is 75.5 Å². The van der Waals surface area contributed by atoms with E-state index in [2.05, 4.69) is 9.97 Å². The fraction of sp³-hybridized carbons (Fsp3) is 0.500. The minimum absolute atomic E-state index is 0.181. The van der Waals surface area contributed by atoms with Crippen LogP contribution in [0.4, 0.5) is 5.82 Å². The molecule has 6 nitrogen and oxygen atoms in total. The van der Waals surface area contributed by atoms with E-state index in [-0.39, 0.29) is 6.01 Å². The van der Waals surface area contributed by atoms with E-state index >= 15 is 0 Å². The van der Waals surface area contributed by atoms with Crippen molar-refractivity contribution in [3.63, 3.8) is 0 Å². The molecule has 1 N–H and O–H groups in total. The number of carboxylic acid groups (broad SMARTS) is 1. The highest BCUT2D eigenvalue weighted by Crippen LogP contribution is 2.30. The normalized spacial score (nSPS) is 19.4. The highest BCUT2D eigenvalue weighted by Gasteiger charge is 2.32. The molecule has 7 heteroatoms. The molecule has 1 fully saturated rings. The molecule has 0 aliphatic carbocycles. The van der Waals surface area contributed by atoms with Crippen molar-refractivity contribution in [2.75, 3.05) is 18.6 Å². The van der Waals surface area contributed by atoms with Gasteiger partial charge >= 0.3 is 12.0 Å². The average molecular weight is 258 g/mol. The third-order valence-electron chi connectivity index (χ3n) is 2.70. The summed E-state index contributed by atoms with van der Waals surface area (Å²) in [5, 5.41) is 9.44. The lowest BCUT2D eigenvalue weighted by Gasteiger charge is -2.23. The van der Waals surface area contributed by atoms with E-state index in [1.165, 1.54) is 13.3 Å². The Kier molecular flexibility index (Phi) is 3.33. The lowest BCUT2D eigenvalue weighted by Crippen LogP contribution is -2.36. The van der Waals surface area contributed by atoms with Crippen LogP contribution in [0, 0.1) is 0 Å². The van der Waals surface area contributed by atoms with Gasteiger partial charge in [-0.25, -0.2) is 9.78 Å². The largest absolute Gasteiger partial charge is 0.480 e. The third-order valence-corrected chi connectivity index (χ3v) is 2.96. The molecule has 1 aromatic rings. The molecule has 0 radical (unpaired) electrons. The van der Waals surface area contributed by atoms with E-state index in [0.717, 1.165) is 6.42 Å². The van der Waals surface area contributed by atoms with Crippen LogP contribution in [0.1, 0.15) is 12.8 Å². The summed E-state index contributed by atoms with van der Waals surface area (Å²) in [4.78, 5) is 20.7. The van der Waals surface area contributed by atoms with Crippen molar-refractivity contribution in [2.24, 2.45) is 0 Å². The molecular formula is C10H12ClN3O3. The van der Waals surface area contributed by atoms with Crippen LogP contribution in [-0.2, 0) is 4.79 Å². The van der Waals surface area contributed by atoms with Crippen LogP contribution in [0.25, 0.3) is 0 Å². The van der Waals surface area contributed by atoms with Gasteiger partial charge in [0, 0.05) is 6.54 Å². The molecule has 2 rings (SSSR count). The lowest BCUT2D eigenvalue weighted by atomic mass is 10.2. The molecular weight excluding hydrogens is 246 g/mol. The number of hydrogen-bond donors (Lipinski definition) is 1. The highest BCUT2D eigenvalue weighted by atomic mass is 35.5. The second kappa shape index (κ2) is 4.75. The van der Waals surface area contributed by atoms with Crippen molar-refractivity contribution >= 4 is 23.4 Å². The predicted octanol–water partition coefficient (Wildman–Crippen LogP) is 1.19. The molecule has 1 aliphatic heterocycles. The van der Waals surface area contributed by atoms with E-state index in [1.54, 1.807) is 4.90 Å². The van der Waals surface area contributed by atoms with Crippen molar-refractivity contribution in [2.45, 2.75) is 18.9 Å². The van der Waals surface area contributed by atoms with Crippen LogP contribution in [0.3, 0.4) is 0 Å². The number of hydrogen-bond acceptors (Lipinski definition) is 5. The standard InChI is InChI=1S/C10H12ClN3O3/c1-17-10-12-5-6(11)8(13-10)14-4-2-3-7(14)9(15)16/h5,7H,2-4H2,1H3,(H,15,16)/t7-/m0/s1. The Labute approximate surface area is 103 Å². The number of rotatable bonds is 3. The summed E-state index contributed by atoms with van der Waals surface area (Å²) in [5.74, 6) is -0.445. The fourth-order valence-corrected chi connectivity index (χ4v) is 2.12. The minimum atomic E-state index is -0.865. The molecule has 1 atom stereocenters. The molecule has 0 unspecified atom stereocenters. The lowest BCUT2D eigenvalue weighted by molar-refractivity contribution is -0.138. The van der Waals surface area contributed by atoms with E-state index in [9.17, 15) is 4.79 Å². The number of anilines is 1. The smallest absolute Gasteiger partial charge is 0.326 e. The van der Waals surface area contributed by atoms with Crippen molar-refractivity contribution in [1.29, 1.82) is 0 Å². The van der Waals surface area contributed by atoms with Crippen LogP contribution in [-0.4, -0.2) is 40.7 Å². The van der Waals surface area contributed by atoms with Gasteiger partial charge in [-0.05, 0) is 12.8 Å². The van der Waals surface area contributed by atoms with Gasteiger partial charge in [-0.1, -0.05) is 11.6 Å². The molecule has 92 valence electrons. The Morgan fingerprint density at radius 2 is 2.47 bits per heavy atom. The van der Waals surface area contributed by atoms with Crippen LogP contribution in [0.15, 0.2) is 6.20 Å². The summed E-state index contributed by atoms with van der Waals surface area (Å²) in [6.45, 7) is 0.622. The number of methoxy groups -OCH3 is 1. The number of aliphatic carboxylic acids is 1. The summed E-state index contributed by atoms with van der Waals surface area (Å²) in [6, 6.07) is -0.396. The number of ether oxygens (including phenoxy) is 1. The maximum absolute atomic E-state index is 11.1. The van der Waals surface area contributed by atoms with Gasteiger partial charge in [0.2, 0.25) is 0 Å². The quantitative estimate of drug-likeness (QED) is 0.877. The van der Waals surface area contributed by atoms with Crippen molar-refractivity contribution in [3.8, 4) is 6.01 Å². The van der Waals surface area contributed by atoms with Crippen LogP contribution < -0.4 is 9.64 Å². The fourth-order valence-electron chi connectivity index (χ4n) is 1.92. The molecule has 0 bridgehead atoms. The van der Waals surface area contributed by atoms with Crippen molar-refractivity contribution in [3.05, 3.63) is 11.2 Å². The number of aromatic nitrogens is 2. The first-order valence-corrected chi connectivity index (χ1v) is 5.57. The maximum atomic E-state index is 11.1. The Bertz CT molecular complexity index is 441. The van der Waals surface area contributed by atoms with Gasteiger partial charge in [-0.2, -0.15) is 4.98 Å². The second-order valence-electron chi connectivity index (χ2n) is 3.72. The van der Waals surface area contributed by atoms with Crippen LogP contribution in [0.2, 0.25) is 5.02 Å². The zero-order valence-corrected chi connectivity index (χ0v) is 10.0. The number of carbonyl (C=O) groups is 1. The Morgan fingerprint density at radius 1 is 1.71 bits per heavy atom. The minimum Gasteiger partial charge on any atom is -0.480 e. The summed E-state index contributed by atoms with van der Waals surface area (Å²) >= 11 is 5.99. The first-order valence-electron chi connectivity index (χ1n) is 5.19. The SMILES string of the molecule is COc1ncc(Cl)c(N2CCC[C@H]2C(=O)O)n1. The van der Waals surface area contributed by atoms with Gasteiger partial charge in [0.05, 0.1) is 13.3 Å². The molecule has 0 amide bonds. The molecule has 2 heterocycles. The maximum Gasteiger partial charge on any atom is 0.326 e. The molecule has 0 aromatic carbocycles. The van der Waals surface area contributed by atoms with E-state index in [0.29, 0.717) is 23.8 Å². The summed E-state index contributed by atoms with van der Waals surface area (Å²) in [5.41, 5.74) is 0. The zero-order chi connectivity index (χ0) is 12.4. The Hall–Kier alpha value is -1.56. The average Bonchev–Trinajstić information content (AvgIpc) is 2.78. The first kappa shape index (κ1) is 11.9. The van der Waals surface area contributed by atoms with Gasteiger partial charge in [-0.3, -0.25) is 0 Å². The van der Waals surface area contributed by atoms with Gasteiger partial charge < -0.3 is 14.7 Å². The molecule has 1 aliphatic rings. The Balaban J connectivity index is 2.35. The number of nitrogens with zero attached hydrogens (tertiary/aromatic N) is 3. The molecule has 1 saturated heterocycles. The predicted molar refractivity (Wildman–Crippen MR) is 61.6 cm³/mol. The Morgan fingerprint density at radius 3 is 3.12 bits per heavy atom. The van der Waals surface area contributed by atoms with E-state index in [4.69, 9.17) is 21.4 Å². The molecule has 0 spiro atoms. The monoisotopic (exact) mass is 257 g/mol. The van der Waals surface area contributed by atoms with E-state index < -0.39 is 12.0 Å². The van der Waals surface area contributed by atoms with Crippen molar-refractivity contribution in [1.82, 2.24) is 9.97 Å². The van der Waals surface area contributed by atoms with Crippen LogP contribution in [0.5, 0.6) is 6.01 Å². The van der Waals surface area contributed by atoms with Gasteiger partial charge in [0.25, 0.3) is 0 Å². The van der Waals surface area contributed by atoms with Gasteiger partial charge in [0.15, 0.2) is 5.82 Å².